The molecule has 0 aliphatic carbocycles. The van der Waals surface area contributed by atoms with Gasteiger partial charge in [0, 0.05) is 22.8 Å². The molecule has 0 aromatic heterocycles. The quantitative estimate of drug-likeness (QED) is 0.443. The molecule has 0 bridgehead atoms. The van der Waals surface area contributed by atoms with Crippen LogP contribution in [-0.4, -0.2) is 4.92 Å². The molecule has 20 heavy (non-hydrogen) atoms. The minimum absolute atomic E-state index is 0.0875. The van der Waals surface area contributed by atoms with E-state index in [1.54, 1.807) is 12.1 Å². The van der Waals surface area contributed by atoms with E-state index in [4.69, 9.17) is 11.6 Å². The number of nitrogens with zero attached hydrogens (tertiary/aromatic N) is 1. The number of hydrogen-bond acceptors (Lipinski definition) is 3. The van der Waals surface area contributed by atoms with Gasteiger partial charge < -0.3 is 5.32 Å². The van der Waals surface area contributed by atoms with Crippen LogP contribution in [0.1, 0.15) is 18.5 Å². The molecule has 1 atom stereocenters. The molecule has 0 amide bonds. The van der Waals surface area contributed by atoms with E-state index in [0.717, 1.165) is 11.3 Å². The molecule has 2 aromatic rings. The minimum atomic E-state index is -0.381. The van der Waals surface area contributed by atoms with Gasteiger partial charge in [0.2, 0.25) is 0 Å². The minimum Gasteiger partial charge on any atom is -0.378 e. The molecule has 0 radical (unpaired) electrons. The number of benzene rings is 2. The molecule has 2 aromatic carbocycles. The summed E-state index contributed by atoms with van der Waals surface area (Å²) in [5.41, 5.74) is 2.07. The molecule has 6 heteroatoms. The molecule has 0 aliphatic rings. The van der Waals surface area contributed by atoms with E-state index in [0.29, 0.717) is 8.59 Å². The summed E-state index contributed by atoms with van der Waals surface area (Å²) in [5.74, 6) is 0. The van der Waals surface area contributed by atoms with Gasteiger partial charge in [-0.15, -0.1) is 0 Å². The second-order valence-electron chi connectivity index (χ2n) is 4.34. The van der Waals surface area contributed by atoms with Crippen LogP contribution < -0.4 is 5.32 Å². The lowest BCUT2D eigenvalue weighted by Crippen LogP contribution is -2.06. The Kier molecular flexibility index (Phi) is 4.82. The van der Waals surface area contributed by atoms with Gasteiger partial charge in [0.25, 0.3) is 5.69 Å². The van der Waals surface area contributed by atoms with Crippen molar-refractivity contribution in [2.24, 2.45) is 0 Å². The Bertz CT molecular complexity index is 632. The molecule has 0 saturated carbocycles. The third-order valence-electron chi connectivity index (χ3n) is 2.90. The molecule has 4 nitrogen and oxygen atoms in total. The molecule has 1 N–H and O–H groups in total. The van der Waals surface area contributed by atoms with Gasteiger partial charge in [-0.2, -0.15) is 0 Å². The van der Waals surface area contributed by atoms with E-state index in [9.17, 15) is 10.1 Å². The number of halogens is 2. The average Bonchev–Trinajstić information content (AvgIpc) is 2.39. The number of nitro benzene ring substituents is 1. The number of rotatable bonds is 4. The summed E-state index contributed by atoms with van der Waals surface area (Å²) in [6.07, 6.45) is 0. The summed E-state index contributed by atoms with van der Waals surface area (Å²) in [6.45, 7) is 2.03. The second kappa shape index (κ2) is 6.41. The normalized spacial score (nSPS) is 11.9. The van der Waals surface area contributed by atoms with Gasteiger partial charge >= 0.3 is 0 Å². The van der Waals surface area contributed by atoms with Crippen LogP contribution >= 0.6 is 34.2 Å². The van der Waals surface area contributed by atoms with E-state index in [1.807, 2.05) is 53.8 Å². The maximum atomic E-state index is 10.8. The summed E-state index contributed by atoms with van der Waals surface area (Å²) < 4.78 is 0.612. The first-order valence-electron chi connectivity index (χ1n) is 5.93. The molecule has 0 spiro atoms. The van der Waals surface area contributed by atoms with E-state index in [-0.39, 0.29) is 16.7 Å². The second-order valence-corrected chi connectivity index (χ2v) is 5.94. The highest BCUT2D eigenvalue weighted by Gasteiger charge is 2.12. The first-order valence-corrected chi connectivity index (χ1v) is 7.39. The molecule has 0 fully saturated rings. The lowest BCUT2D eigenvalue weighted by atomic mass is 10.1. The maximum absolute atomic E-state index is 10.8. The Morgan fingerprint density at radius 1 is 1.25 bits per heavy atom. The van der Waals surface area contributed by atoms with Crippen LogP contribution in [0, 0.1) is 13.7 Å². The van der Waals surface area contributed by atoms with Crippen LogP contribution in [0.4, 0.5) is 11.4 Å². The average molecular weight is 403 g/mol. The van der Waals surface area contributed by atoms with Gasteiger partial charge in [-0.1, -0.05) is 23.7 Å². The lowest BCUT2D eigenvalue weighted by Gasteiger charge is -2.16. The molecule has 104 valence electrons. The Morgan fingerprint density at radius 3 is 2.45 bits per heavy atom. The molecular weight excluding hydrogens is 391 g/mol. The predicted molar refractivity (Wildman–Crippen MR) is 89.3 cm³/mol. The van der Waals surface area contributed by atoms with E-state index in [1.165, 1.54) is 6.07 Å². The number of nitrogens with one attached hydrogen (secondary N) is 1. The summed E-state index contributed by atoms with van der Waals surface area (Å²) in [7, 11) is 0. The Morgan fingerprint density at radius 2 is 1.90 bits per heavy atom. The predicted octanol–water partition coefficient (Wildman–Crippen LogP) is 5.03. The van der Waals surface area contributed by atoms with Crippen molar-refractivity contribution in [3.63, 3.8) is 0 Å². The molecule has 0 heterocycles. The highest BCUT2D eigenvalue weighted by Crippen LogP contribution is 2.27. The van der Waals surface area contributed by atoms with Crippen LogP contribution in [0.25, 0.3) is 0 Å². The van der Waals surface area contributed by atoms with Crippen molar-refractivity contribution in [1.82, 2.24) is 0 Å². The van der Waals surface area contributed by atoms with E-state index in [2.05, 4.69) is 5.32 Å². The van der Waals surface area contributed by atoms with Crippen LogP contribution in [0.3, 0.4) is 0 Å². The lowest BCUT2D eigenvalue weighted by molar-refractivity contribution is -0.385. The third kappa shape index (κ3) is 3.61. The third-order valence-corrected chi connectivity index (χ3v) is 4.01. The first-order chi connectivity index (χ1) is 9.47. The van der Waals surface area contributed by atoms with Crippen LogP contribution in [0.15, 0.2) is 42.5 Å². The molecule has 0 saturated heterocycles. The highest BCUT2D eigenvalue weighted by molar-refractivity contribution is 14.1. The Hall–Kier alpha value is -1.34. The highest BCUT2D eigenvalue weighted by atomic mass is 127. The van der Waals surface area contributed by atoms with Gasteiger partial charge in [0.15, 0.2) is 0 Å². The smallest absolute Gasteiger partial charge is 0.282 e. The topological polar surface area (TPSA) is 55.2 Å². The van der Waals surface area contributed by atoms with Gasteiger partial charge in [0.05, 0.1) is 8.49 Å². The monoisotopic (exact) mass is 402 g/mol. The van der Waals surface area contributed by atoms with Crippen LogP contribution in [0.2, 0.25) is 5.02 Å². The number of hydrogen-bond donors (Lipinski definition) is 1. The van der Waals surface area contributed by atoms with Gasteiger partial charge in [0.1, 0.15) is 0 Å². The van der Waals surface area contributed by atoms with E-state index < -0.39 is 0 Å². The van der Waals surface area contributed by atoms with Crippen LogP contribution in [-0.2, 0) is 0 Å². The van der Waals surface area contributed by atoms with Crippen molar-refractivity contribution in [2.45, 2.75) is 13.0 Å². The van der Waals surface area contributed by atoms with Crippen molar-refractivity contribution in [3.8, 4) is 0 Å². The van der Waals surface area contributed by atoms with Crippen molar-refractivity contribution in [2.75, 3.05) is 5.32 Å². The van der Waals surface area contributed by atoms with Crippen molar-refractivity contribution >= 4 is 45.6 Å². The van der Waals surface area contributed by atoms with Gasteiger partial charge in [-0.3, -0.25) is 10.1 Å². The summed E-state index contributed by atoms with van der Waals surface area (Å²) in [6, 6.07) is 12.7. The Labute approximate surface area is 135 Å². The fraction of sp³-hybridized carbons (Fsp3) is 0.143. The standard InChI is InChI=1S/C14H12ClIN2O2/c1-9(10-2-4-11(15)5-3-10)17-12-6-7-14(18(19)20)13(16)8-12/h2-9,17H,1H3. The summed E-state index contributed by atoms with van der Waals surface area (Å²) >= 11 is 7.83. The summed E-state index contributed by atoms with van der Waals surface area (Å²) in [4.78, 5) is 10.4. The zero-order valence-electron chi connectivity index (χ0n) is 10.6. The van der Waals surface area contributed by atoms with Crippen molar-refractivity contribution < 1.29 is 4.92 Å². The van der Waals surface area contributed by atoms with Crippen molar-refractivity contribution in [3.05, 3.63) is 66.7 Å². The zero-order chi connectivity index (χ0) is 14.7. The number of nitro groups is 1. The molecule has 1 unspecified atom stereocenters. The zero-order valence-corrected chi connectivity index (χ0v) is 13.6. The largest absolute Gasteiger partial charge is 0.378 e. The van der Waals surface area contributed by atoms with Crippen LogP contribution in [0.5, 0.6) is 0 Å². The fourth-order valence-corrected chi connectivity index (χ4v) is 2.67. The van der Waals surface area contributed by atoms with Crippen molar-refractivity contribution in [1.29, 1.82) is 0 Å². The number of anilines is 1. The van der Waals surface area contributed by atoms with E-state index >= 15 is 0 Å². The summed E-state index contributed by atoms with van der Waals surface area (Å²) in [5, 5.41) is 14.8. The fourth-order valence-electron chi connectivity index (χ4n) is 1.83. The molecule has 0 aliphatic heterocycles. The molecule has 2 rings (SSSR count). The first kappa shape index (κ1) is 15.1. The maximum Gasteiger partial charge on any atom is 0.282 e. The Balaban J connectivity index is 2.15. The van der Waals surface area contributed by atoms with Gasteiger partial charge in [-0.25, -0.2) is 0 Å². The molecular formula is C14H12ClIN2O2. The SMILES string of the molecule is CC(Nc1ccc([N+](=O)[O-])c(I)c1)c1ccc(Cl)cc1. The van der Waals surface area contributed by atoms with Gasteiger partial charge in [-0.05, 0) is 59.3 Å².